The molecule has 0 N–H and O–H groups in total. The monoisotopic (exact) mass is 336 g/mol. The number of aromatic nitrogens is 5. The molecule has 1 aliphatic heterocycles. The Morgan fingerprint density at radius 1 is 1.20 bits per heavy atom. The number of morpholine rings is 1. The smallest absolute Gasteiger partial charge is 0.254 e. The lowest BCUT2D eigenvalue weighted by Gasteiger charge is -2.32. The van der Waals surface area contributed by atoms with Gasteiger partial charge in [-0.05, 0) is 18.2 Å². The summed E-state index contributed by atoms with van der Waals surface area (Å²) in [6, 6.07) is 7.40. The summed E-state index contributed by atoms with van der Waals surface area (Å²) >= 11 is 0. The first kappa shape index (κ1) is 15.4. The van der Waals surface area contributed by atoms with Crippen molar-refractivity contribution in [1.29, 1.82) is 0 Å². The van der Waals surface area contributed by atoms with Gasteiger partial charge in [0, 0.05) is 30.2 Å². The van der Waals surface area contributed by atoms with Crippen LogP contribution in [0.5, 0.6) is 0 Å². The summed E-state index contributed by atoms with van der Waals surface area (Å²) in [6.45, 7) is 1.47. The standard InChI is InChI=1S/C17H16N6O2/c24-17(13-2-1-3-14(8-13)23-11-20-21-12-23)22-6-7-25-16(10-22)15-9-18-4-5-19-15/h1-5,8-9,11-12,16H,6-7,10H2/t16-/m0/s1. The predicted octanol–water partition coefficient (Wildman–Crippen LogP) is 1.27. The average molecular weight is 336 g/mol. The second-order valence-electron chi connectivity index (χ2n) is 5.66. The highest BCUT2D eigenvalue weighted by Gasteiger charge is 2.27. The molecule has 0 radical (unpaired) electrons. The Labute approximate surface area is 144 Å². The number of ether oxygens (including phenoxy) is 1. The maximum absolute atomic E-state index is 12.9. The van der Waals surface area contributed by atoms with Crippen LogP contribution in [0.4, 0.5) is 0 Å². The molecule has 4 rings (SSSR count). The maximum Gasteiger partial charge on any atom is 0.254 e. The zero-order chi connectivity index (χ0) is 17.1. The van der Waals surface area contributed by atoms with Crippen molar-refractivity contribution in [1.82, 2.24) is 29.6 Å². The molecule has 1 saturated heterocycles. The van der Waals surface area contributed by atoms with Crippen LogP contribution in [0, 0.1) is 0 Å². The van der Waals surface area contributed by atoms with Crippen molar-refractivity contribution in [3.05, 3.63) is 66.8 Å². The van der Waals surface area contributed by atoms with Crippen molar-refractivity contribution in [2.24, 2.45) is 0 Å². The number of amides is 1. The minimum Gasteiger partial charge on any atom is -0.368 e. The molecule has 3 aromatic rings. The highest BCUT2D eigenvalue weighted by molar-refractivity contribution is 5.94. The van der Waals surface area contributed by atoms with Gasteiger partial charge >= 0.3 is 0 Å². The lowest BCUT2D eigenvalue weighted by atomic mass is 10.1. The SMILES string of the molecule is O=C(c1cccc(-n2cnnc2)c1)N1CCO[C@H](c2cnccn2)C1. The van der Waals surface area contributed by atoms with Crippen LogP contribution in [0.1, 0.15) is 22.2 Å². The molecule has 2 aromatic heterocycles. The van der Waals surface area contributed by atoms with Crippen LogP contribution < -0.4 is 0 Å². The molecular weight excluding hydrogens is 320 g/mol. The highest BCUT2D eigenvalue weighted by Crippen LogP contribution is 2.21. The molecule has 1 atom stereocenters. The lowest BCUT2D eigenvalue weighted by Crippen LogP contribution is -2.42. The van der Waals surface area contributed by atoms with E-state index in [1.165, 1.54) is 0 Å². The van der Waals surface area contributed by atoms with Gasteiger partial charge in [0.25, 0.3) is 5.91 Å². The molecule has 0 bridgehead atoms. The molecule has 1 amide bonds. The number of hydrogen-bond acceptors (Lipinski definition) is 6. The van der Waals surface area contributed by atoms with Crippen molar-refractivity contribution >= 4 is 5.91 Å². The van der Waals surface area contributed by atoms with Crippen LogP contribution in [0.3, 0.4) is 0 Å². The minimum atomic E-state index is -0.257. The molecule has 1 aliphatic rings. The average Bonchev–Trinajstić information content (AvgIpc) is 3.23. The van der Waals surface area contributed by atoms with Gasteiger partial charge in [-0.2, -0.15) is 0 Å². The van der Waals surface area contributed by atoms with Crippen LogP contribution in [-0.2, 0) is 4.74 Å². The molecule has 1 aromatic carbocycles. The van der Waals surface area contributed by atoms with E-state index in [1.807, 2.05) is 24.3 Å². The van der Waals surface area contributed by atoms with Crippen molar-refractivity contribution in [3.63, 3.8) is 0 Å². The Kier molecular flexibility index (Phi) is 4.17. The second-order valence-corrected chi connectivity index (χ2v) is 5.66. The van der Waals surface area contributed by atoms with Crippen LogP contribution >= 0.6 is 0 Å². The van der Waals surface area contributed by atoms with Crippen LogP contribution in [-0.4, -0.2) is 55.2 Å². The molecule has 3 heterocycles. The lowest BCUT2D eigenvalue weighted by molar-refractivity contribution is -0.0249. The number of benzene rings is 1. The van der Waals surface area contributed by atoms with E-state index in [2.05, 4.69) is 20.2 Å². The van der Waals surface area contributed by atoms with Gasteiger partial charge in [-0.15, -0.1) is 10.2 Å². The van der Waals surface area contributed by atoms with E-state index in [-0.39, 0.29) is 12.0 Å². The number of carbonyl (C=O) groups excluding carboxylic acids is 1. The van der Waals surface area contributed by atoms with Crippen molar-refractivity contribution in [2.45, 2.75) is 6.10 Å². The highest BCUT2D eigenvalue weighted by atomic mass is 16.5. The van der Waals surface area contributed by atoms with E-state index in [0.717, 1.165) is 11.4 Å². The summed E-state index contributed by atoms with van der Waals surface area (Å²) in [6.07, 6.45) is 7.86. The molecular formula is C17H16N6O2. The second kappa shape index (κ2) is 6.78. The Morgan fingerprint density at radius 2 is 2.08 bits per heavy atom. The predicted molar refractivity (Wildman–Crippen MR) is 88.0 cm³/mol. The summed E-state index contributed by atoms with van der Waals surface area (Å²) in [5.74, 6) is -0.0351. The van der Waals surface area contributed by atoms with Gasteiger partial charge < -0.3 is 9.64 Å². The van der Waals surface area contributed by atoms with E-state index >= 15 is 0 Å². The number of carbonyl (C=O) groups is 1. The third-order valence-corrected chi connectivity index (χ3v) is 4.08. The fraction of sp³-hybridized carbons (Fsp3) is 0.235. The molecule has 0 saturated carbocycles. The van der Waals surface area contributed by atoms with Crippen molar-refractivity contribution in [3.8, 4) is 5.69 Å². The minimum absolute atomic E-state index is 0.0351. The van der Waals surface area contributed by atoms with Gasteiger partial charge in [0.2, 0.25) is 0 Å². The summed E-state index contributed by atoms with van der Waals surface area (Å²) in [7, 11) is 0. The zero-order valence-corrected chi connectivity index (χ0v) is 13.4. The Hall–Kier alpha value is -3.13. The molecule has 0 aliphatic carbocycles. The van der Waals surface area contributed by atoms with Gasteiger partial charge in [0.05, 0.1) is 25.0 Å². The first-order valence-electron chi connectivity index (χ1n) is 7.93. The number of rotatable bonds is 3. The molecule has 0 spiro atoms. The van der Waals surface area contributed by atoms with Crippen LogP contribution in [0.15, 0.2) is 55.5 Å². The topological polar surface area (TPSA) is 86.0 Å². The maximum atomic E-state index is 12.9. The quantitative estimate of drug-likeness (QED) is 0.716. The van der Waals surface area contributed by atoms with E-state index in [1.54, 1.807) is 40.7 Å². The summed E-state index contributed by atoms with van der Waals surface area (Å²) in [5, 5.41) is 7.59. The van der Waals surface area contributed by atoms with E-state index in [0.29, 0.717) is 25.3 Å². The Bertz CT molecular complexity index is 853. The van der Waals surface area contributed by atoms with Crippen molar-refractivity contribution < 1.29 is 9.53 Å². The summed E-state index contributed by atoms with van der Waals surface area (Å²) in [4.78, 5) is 23.0. The molecule has 25 heavy (non-hydrogen) atoms. The van der Waals surface area contributed by atoms with Crippen molar-refractivity contribution in [2.75, 3.05) is 19.7 Å². The van der Waals surface area contributed by atoms with E-state index in [4.69, 9.17) is 4.74 Å². The Balaban J connectivity index is 1.53. The largest absolute Gasteiger partial charge is 0.368 e. The van der Waals surface area contributed by atoms with E-state index < -0.39 is 0 Å². The van der Waals surface area contributed by atoms with Gasteiger partial charge in [0.1, 0.15) is 18.8 Å². The van der Waals surface area contributed by atoms with Gasteiger partial charge in [-0.25, -0.2) is 0 Å². The third-order valence-electron chi connectivity index (χ3n) is 4.08. The Morgan fingerprint density at radius 3 is 2.88 bits per heavy atom. The van der Waals surface area contributed by atoms with Crippen LogP contribution in [0.2, 0.25) is 0 Å². The fourth-order valence-electron chi connectivity index (χ4n) is 2.81. The van der Waals surface area contributed by atoms with Gasteiger partial charge in [-0.1, -0.05) is 6.07 Å². The molecule has 8 heteroatoms. The zero-order valence-electron chi connectivity index (χ0n) is 13.4. The third kappa shape index (κ3) is 3.24. The molecule has 8 nitrogen and oxygen atoms in total. The molecule has 1 fully saturated rings. The summed E-state index contributed by atoms with van der Waals surface area (Å²) < 4.78 is 7.51. The first-order valence-corrected chi connectivity index (χ1v) is 7.93. The molecule has 0 unspecified atom stereocenters. The summed E-state index contributed by atoms with van der Waals surface area (Å²) in [5.41, 5.74) is 2.19. The van der Waals surface area contributed by atoms with Gasteiger partial charge in [-0.3, -0.25) is 19.3 Å². The normalized spacial score (nSPS) is 17.4. The number of nitrogens with zero attached hydrogens (tertiary/aromatic N) is 6. The number of hydrogen-bond donors (Lipinski definition) is 0. The van der Waals surface area contributed by atoms with Crippen LogP contribution in [0.25, 0.3) is 5.69 Å². The van der Waals surface area contributed by atoms with E-state index in [9.17, 15) is 4.79 Å². The fourth-order valence-corrected chi connectivity index (χ4v) is 2.81. The first-order chi connectivity index (χ1) is 12.3. The molecule has 126 valence electrons. The van der Waals surface area contributed by atoms with Gasteiger partial charge in [0.15, 0.2) is 0 Å².